The van der Waals surface area contributed by atoms with E-state index in [2.05, 4.69) is 20.5 Å². The van der Waals surface area contributed by atoms with Crippen molar-refractivity contribution >= 4 is 35.8 Å². The molecule has 1 aliphatic carbocycles. The molecular formula is C19H29IN4O. The molecule has 0 radical (unpaired) electrons. The maximum absolute atomic E-state index is 12.0. The number of guanidine groups is 1. The minimum atomic E-state index is 0. The molecule has 0 atom stereocenters. The van der Waals surface area contributed by atoms with Crippen LogP contribution in [-0.4, -0.2) is 43.4 Å². The number of benzene rings is 1. The van der Waals surface area contributed by atoms with Crippen molar-refractivity contribution in [3.8, 4) is 0 Å². The average molecular weight is 456 g/mol. The number of halogens is 1. The van der Waals surface area contributed by atoms with E-state index in [1.165, 1.54) is 25.7 Å². The van der Waals surface area contributed by atoms with Crippen LogP contribution in [0.3, 0.4) is 0 Å². The van der Waals surface area contributed by atoms with Crippen LogP contribution in [0.2, 0.25) is 0 Å². The number of likely N-dealkylation sites (tertiary alicyclic amines) is 1. The van der Waals surface area contributed by atoms with Gasteiger partial charge in [-0.3, -0.25) is 9.79 Å². The Bertz CT molecular complexity index is 586. The van der Waals surface area contributed by atoms with Crippen LogP contribution in [0, 0.1) is 5.41 Å². The standard InChI is InChI=1S/C19H28N4O.HI/c1-20-18(23-13-11-19(15-23)9-5-10-19)21-12-8-17(24)22-14-16-6-3-2-4-7-16;/h2-4,6-7H,5,8-15H2,1H3,(H,20,21)(H,22,24);1H. The van der Waals surface area contributed by atoms with Crippen molar-refractivity contribution in [2.45, 2.75) is 38.6 Å². The summed E-state index contributed by atoms with van der Waals surface area (Å²) in [4.78, 5) is 18.7. The molecule has 2 N–H and O–H groups in total. The van der Waals surface area contributed by atoms with E-state index in [1.807, 2.05) is 37.4 Å². The second-order valence-electron chi connectivity index (χ2n) is 7.01. The molecule has 1 aliphatic heterocycles. The number of hydrogen-bond donors (Lipinski definition) is 2. The minimum Gasteiger partial charge on any atom is -0.356 e. The normalized spacial score (nSPS) is 18.4. The van der Waals surface area contributed by atoms with Gasteiger partial charge in [-0.05, 0) is 30.2 Å². The molecule has 0 aromatic heterocycles. The zero-order chi connectivity index (χ0) is 16.8. The Hall–Kier alpha value is -1.31. The second-order valence-corrected chi connectivity index (χ2v) is 7.01. The van der Waals surface area contributed by atoms with Gasteiger partial charge in [-0.25, -0.2) is 0 Å². The number of nitrogens with one attached hydrogen (secondary N) is 2. The Morgan fingerprint density at radius 2 is 1.96 bits per heavy atom. The van der Waals surface area contributed by atoms with Crippen LogP contribution in [0.5, 0.6) is 0 Å². The number of hydrogen-bond acceptors (Lipinski definition) is 2. The fourth-order valence-corrected chi connectivity index (χ4v) is 3.71. The van der Waals surface area contributed by atoms with Gasteiger partial charge >= 0.3 is 0 Å². The molecule has 2 aliphatic rings. The summed E-state index contributed by atoms with van der Waals surface area (Å²) in [5.74, 6) is 1.01. The summed E-state index contributed by atoms with van der Waals surface area (Å²) in [6.07, 6.45) is 5.85. The summed E-state index contributed by atoms with van der Waals surface area (Å²) in [6, 6.07) is 9.98. The summed E-state index contributed by atoms with van der Waals surface area (Å²) >= 11 is 0. The Morgan fingerprint density at radius 3 is 2.56 bits per heavy atom. The third kappa shape index (κ3) is 5.33. The lowest BCUT2D eigenvalue weighted by atomic mass is 9.68. The van der Waals surface area contributed by atoms with E-state index in [-0.39, 0.29) is 29.9 Å². The first-order valence-electron chi connectivity index (χ1n) is 8.97. The molecule has 25 heavy (non-hydrogen) atoms. The van der Waals surface area contributed by atoms with Crippen LogP contribution < -0.4 is 10.6 Å². The Morgan fingerprint density at radius 1 is 1.20 bits per heavy atom. The number of carbonyl (C=O) groups is 1. The van der Waals surface area contributed by atoms with E-state index in [0.29, 0.717) is 24.9 Å². The number of aliphatic imine (C=N–C) groups is 1. The van der Waals surface area contributed by atoms with Gasteiger partial charge in [0.1, 0.15) is 0 Å². The quantitative estimate of drug-likeness (QED) is 0.407. The highest BCUT2D eigenvalue weighted by Crippen LogP contribution is 2.47. The predicted octanol–water partition coefficient (Wildman–Crippen LogP) is 2.76. The summed E-state index contributed by atoms with van der Waals surface area (Å²) in [6.45, 7) is 3.41. The smallest absolute Gasteiger partial charge is 0.222 e. The first-order valence-corrected chi connectivity index (χ1v) is 8.97. The third-order valence-electron chi connectivity index (χ3n) is 5.33. The minimum absolute atomic E-state index is 0. The van der Waals surface area contributed by atoms with E-state index in [1.54, 1.807) is 0 Å². The van der Waals surface area contributed by atoms with E-state index in [0.717, 1.165) is 24.6 Å². The highest BCUT2D eigenvalue weighted by molar-refractivity contribution is 14.0. The van der Waals surface area contributed by atoms with Crippen LogP contribution in [0.1, 0.15) is 37.7 Å². The number of amides is 1. The van der Waals surface area contributed by atoms with Gasteiger partial charge < -0.3 is 15.5 Å². The molecule has 138 valence electrons. The molecule has 5 nitrogen and oxygen atoms in total. The van der Waals surface area contributed by atoms with Crippen molar-refractivity contribution in [2.75, 3.05) is 26.7 Å². The topological polar surface area (TPSA) is 56.7 Å². The van der Waals surface area contributed by atoms with Gasteiger partial charge in [-0.15, -0.1) is 24.0 Å². The number of nitrogens with zero attached hydrogens (tertiary/aromatic N) is 2. The van der Waals surface area contributed by atoms with Crippen molar-refractivity contribution in [1.82, 2.24) is 15.5 Å². The van der Waals surface area contributed by atoms with Crippen molar-refractivity contribution in [1.29, 1.82) is 0 Å². The Labute approximate surface area is 167 Å². The van der Waals surface area contributed by atoms with E-state index in [4.69, 9.17) is 0 Å². The number of rotatable bonds is 5. The molecule has 6 heteroatoms. The summed E-state index contributed by atoms with van der Waals surface area (Å²) < 4.78 is 0. The van der Waals surface area contributed by atoms with Crippen LogP contribution >= 0.6 is 24.0 Å². The predicted molar refractivity (Wildman–Crippen MR) is 112 cm³/mol. The van der Waals surface area contributed by atoms with Crippen LogP contribution in [0.25, 0.3) is 0 Å². The van der Waals surface area contributed by atoms with Crippen LogP contribution in [0.4, 0.5) is 0 Å². The largest absolute Gasteiger partial charge is 0.356 e. The zero-order valence-corrected chi connectivity index (χ0v) is 17.3. The Kier molecular flexibility index (Phi) is 7.53. The van der Waals surface area contributed by atoms with E-state index >= 15 is 0 Å². The van der Waals surface area contributed by atoms with Gasteiger partial charge in [0, 0.05) is 39.6 Å². The molecule has 3 rings (SSSR count). The summed E-state index contributed by atoms with van der Waals surface area (Å²) in [5.41, 5.74) is 1.68. The molecule has 1 aromatic carbocycles. The lowest BCUT2D eigenvalue weighted by molar-refractivity contribution is -0.121. The number of carbonyl (C=O) groups excluding carboxylic acids is 1. The van der Waals surface area contributed by atoms with Crippen molar-refractivity contribution in [3.63, 3.8) is 0 Å². The third-order valence-corrected chi connectivity index (χ3v) is 5.33. The lowest BCUT2D eigenvalue weighted by Crippen LogP contribution is -2.43. The van der Waals surface area contributed by atoms with E-state index < -0.39 is 0 Å². The van der Waals surface area contributed by atoms with Gasteiger partial charge in [-0.2, -0.15) is 0 Å². The molecule has 1 saturated heterocycles. The van der Waals surface area contributed by atoms with Crippen molar-refractivity contribution in [2.24, 2.45) is 10.4 Å². The molecular weight excluding hydrogens is 427 g/mol. The highest BCUT2D eigenvalue weighted by Gasteiger charge is 2.43. The van der Waals surface area contributed by atoms with Crippen molar-refractivity contribution < 1.29 is 4.79 Å². The molecule has 2 fully saturated rings. The first kappa shape index (κ1) is 20.0. The molecule has 1 aromatic rings. The molecule has 1 amide bonds. The maximum Gasteiger partial charge on any atom is 0.222 e. The van der Waals surface area contributed by atoms with Crippen LogP contribution in [-0.2, 0) is 11.3 Å². The van der Waals surface area contributed by atoms with Gasteiger partial charge in [0.25, 0.3) is 0 Å². The fraction of sp³-hybridized carbons (Fsp3) is 0.579. The van der Waals surface area contributed by atoms with Crippen molar-refractivity contribution in [3.05, 3.63) is 35.9 Å². The highest BCUT2D eigenvalue weighted by atomic mass is 127. The van der Waals surface area contributed by atoms with Crippen LogP contribution in [0.15, 0.2) is 35.3 Å². The molecule has 0 unspecified atom stereocenters. The average Bonchev–Trinajstić information content (AvgIpc) is 3.04. The van der Waals surface area contributed by atoms with Gasteiger partial charge in [0.15, 0.2) is 5.96 Å². The van der Waals surface area contributed by atoms with Gasteiger partial charge in [0.05, 0.1) is 0 Å². The summed E-state index contributed by atoms with van der Waals surface area (Å²) in [7, 11) is 1.82. The Balaban J connectivity index is 0.00000225. The lowest BCUT2D eigenvalue weighted by Gasteiger charge is -2.38. The fourth-order valence-electron chi connectivity index (χ4n) is 3.71. The second kappa shape index (κ2) is 9.40. The zero-order valence-electron chi connectivity index (χ0n) is 15.0. The maximum atomic E-state index is 12.0. The van der Waals surface area contributed by atoms with Gasteiger partial charge in [0.2, 0.25) is 5.91 Å². The monoisotopic (exact) mass is 456 g/mol. The molecule has 1 heterocycles. The van der Waals surface area contributed by atoms with E-state index in [9.17, 15) is 4.79 Å². The molecule has 1 saturated carbocycles. The summed E-state index contributed by atoms with van der Waals surface area (Å²) in [5, 5.41) is 6.30. The first-order chi connectivity index (χ1) is 11.7. The molecule has 1 spiro atoms. The SMILES string of the molecule is CN=C(NCCC(=O)NCc1ccccc1)N1CCC2(CCC2)C1.I. The molecule has 0 bridgehead atoms. The van der Waals surface area contributed by atoms with Gasteiger partial charge in [-0.1, -0.05) is 36.8 Å².